The Bertz CT molecular complexity index is 442. The van der Waals surface area contributed by atoms with Gasteiger partial charge in [0.15, 0.2) is 5.78 Å². The molecule has 1 aromatic carbocycles. The maximum absolute atomic E-state index is 11.9. The molecule has 4 N–H and O–H groups in total. The van der Waals surface area contributed by atoms with Gasteiger partial charge in [-0.15, -0.1) is 0 Å². The summed E-state index contributed by atoms with van der Waals surface area (Å²) < 4.78 is 0. The van der Waals surface area contributed by atoms with Gasteiger partial charge in [0, 0.05) is 0 Å². The maximum Gasteiger partial charge on any atom is 0.185 e. The lowest BCUT2D eigenvalue weighted by atomic mass is 9.78. The van der Waals surface area contributed by atoms with Gasteiger partial charge >= 0.3 is 0 Å². The average Bonchev–Trinajstić information content (AvgIpc) is 2.30. The molecule has 0 aliphatic heterocycles. The van der Waals surface area contributed by atoms with E-state index in [0.29, 0.717) is 6.42 Å². The van der Waals surface area contributed by atoms with E-state index in [1.165, 1.54) is 0 Å². The van der Waals surface area contributed by atoms with Gasteiger partial charge in [0.05, 0.1) is 0 Å². The van der Waals surface area contributed by atoms with Crippen molar-refractivity contribution in [2.24, 2.45) is 11.6 Å². The molecule has 1 aromatic rings. The van der Waals surface area contributed by atoms with E-state index in [1.54, 1.807) is 0 Å². The zero-order valence-corrected chi connectivity index (χ0v) is 8.85. The van der Waals surface area contributed by atoms with Crippen LogP contribution in [0.3, 0.4) is 0 Å². The highest BCUT2D eigenvalue weighted by Crippen LogP contribution is 2.32. The second-order valence-corrected chi connectivity index (χ2v) is 3.90. The van der Waals surface area contributed by atoms with Crippen LogP contribution in [-0.4, -0.2) is 12.4 Å². The van der Waals surface area contributed by atoms with Gasteiger partial charge in [-0.3, -0.25) is 9.63 Å². The van der Waals surface area contributed by atoms with Gasteiger partial charge in [-0.25, -0.2) is 5.90 Å². The number of nitrogens with two attached hydrogens (primary N) is 2. The molecule has 1 unspecified atom stereocenters. The van der Waals surface area contributed by atoms with Gasteiger partial charge in [-0.05, 0) is 17.5 Å². The zero-order valence-electron chi connectivity index (χ0n) is 8.85. The fourth-order valence-electron chi connectivity index (χ4n) is 2.00. The summed E-state index contributed by atoms with van der Waals surface area (Å²) in [5, 5.41) is 0. The summed E-state index contributed by atoms with van der Waals surface area (Å²) in [5.74, 6) is 4.72. The predicted octanol–water partition coefficient (Wildman–Crippen LogP) is 0.717. The number of fused-ring (bicyclic) bond motifs is 1. The normalized spacial score (nSPS) is 22.9. The van der Waals surface area contributed by atoms with E-state index in [2.05, 4.69) is 4.84 Å². The Hall–Kier alpha value is -1.49. The number of ketones is 1. The summed E-state index contributed by atoms with van der Waals surface area (Å²) in [4.78, 5) is 16.3. The highest BCUT2D eigenvalue weighted by Gasteiger charge is 2.37. The lowest BCUT2D eigenvalue weighted by molar-refractivity contribution is -0.129. The van der Waals surface area contributed by atoms with Gasteiger partial charge in [0.1, 0.15) is 12.1 Å². The molecule has 1 aliphatic carbocycles. The first-order valence-corrected chi connectivity index (χ1v) is 5.08. The van der Waals surface area contributed by atoms with Crippen LogP contribution in [-0.2, 0) is 15.2 Å². The second kappa shape index (κ2) is 4.17. The topological polar surface area (TPSA) is 78.3 Å². The van der Waals surface area contributed by atoms with Crippen LogP contribution in [0.2, 0.25) is 0 Å². The van der Waals surface area contributed by atoms with E-state index in [1.807, 2.05) is 36.4 Å². The van der Waals surface area contributed by atoms with Crippen LogP contribution in [0.15, 0.2) is 30.3 Å². The average molecular weight is 218 g/mol. The van der Waals surface area contributed by atoms with Crippen molar-refractivity contribution in [3.05, 3.63) is 41.5 Å². The largest absolute Gasteiger partial charge is 0.315 e. The van der Waals surface area contributed by atoms with Crippen LogP contribution in [0.5, 0.6) is 0 Å². The SMILES string of the molecule is NOCC(=O)C1(N)CC=Cc2ccccc21. The van der Waals surface area contributed by atoms with Crippen LogP contribution >= 0.6 is 0 Å². The summed E-state index contributed by atoms with van der Waals surface area (Å²) >= 11 is 0. The molecule has 84 valence electrons. The molecule has 0 heterocycles. The summed E-state index contributed by atoms with van der Waals surface area (Å²) in [6.07, 6.45) is 4.35. The van der Waals surface area contributed by atoms with Crippen molar-refractivity contribution in [1.29, 1.82) is 0 Å². The van der Waals surface area contributed by atoms with E-state index in [9.17, 15) is 4.79 Å². The molecule has 0 fully saturated rings. The first-order chi connectivity index (χ1) is 7.68. The van der Waals surface area contributed by atoms with E-state index in [4.69, 9.17) is 11.6 Å². The number of carbonyl (C=O) groups is 1. The van der Waals surface area contributed by atoms with Gasteiger partial charge in [-0.2, -0.15) is 0 Å². The smallest absolute Gasteiger partial charge is 0.185 e. The first kappa shape index (κ1) is 11.0. The molecule has 0 radical (unpaired) electrons. The van der Waals surface area contributed by atoms with Crippen LogP contribution in [0.1, 0.15) is 17.5 Å². The Balaban J connectivity index is 2.44. The lowest BCUT2D eigenvalue weighted by Crippen LogP contribution is -2.48. The Morgan fingerprint density at radius 2 is 2.19 bits per heavy atom. The number of rotatable bonds is 3. The number of hydrogen-bond acceptors (Lipinski definition) is 4. The monoisotopic (exact) mass is 218 g/mol. The van der Waals surface area contributed by atoms with Crippen molar-refractivity contribution >= 4 is 11.9 Å². The van der Waals surface area contributed by atoms with Gasteiger partial charge in [0.2, 0.25) is 0 Å². The van der Waals surface area contributed by atoms with Crippen molar-refractivity contribution in [3.63, 3.8) is 0 Å². The molecule has 16 heavy (non-hydrogen) atoms. The molecule has 0 bridgehead atoms. The maximum atomic E-state index is 11.9. The molecule has 0 saturated carbocycles. The predicted molar refractivity (Wildman–Crippen MR) is 61.1 cm³/mol. The van der Waals surface area contributed by atoms with Crippen molar-refractivity contribution in [2.75, 3.05) is 6.61 Å². The highest BCUT2D eigenvalue weighted by molar-refractivity contribution is 5.92. The third-order valence-electron chi connectivity index (χ3n) is 2.89. The number of hydrogen-bond donors (Lipinski definition) is 2. The van der Waals surface area contributed by atoms with E-state index >= 15 is 0 Å². The van der Waals surface area contributed by atoms with Crippen molar-refractivity contribution in [3.8, 4) is 0 Å². The minimum absolute atomic E-state index is 0.168. The minimum atomic E-state index is -1.01. The van der Waals surface area contributed by atoms with Crippen LogP contribution in [0.25, 0.3) is 6.08 Å². The Labute approximate surface area is 93.8 Å². The molecule has 0 saturated heterocycles. The molecule has 1 atom stereocenters. The Morgan fingerprint density at radius 3 is 2.94 bits per heavy atom. The molecule has 4 heteroatoms. The Morgan fingerprint density at radius 1 is 1.44 bits per heavy atom. The summed E-state index contributed by atoms with van der Waals surface area (Å²) in [6.45, 7) is -0.168. The molecule has 1 aliphatic rings. The third-order valence-corrected chi connectivity index (χ3v) is 2.89. The van der Waals surface area contributed by atoms with Crippen LogP contribution in [0, 0.1) is 0 Å². The van der Waals surface area contributed by atoms with E-state index in [0.717, 1.165) is 11.1 Å². The Kier molecular flexibility index (Phi) is 2.87. The van der Waals surface area contributed by atoms with E-state index in [-0.39, 0.29) is 12.4 Å². The summed E-state index contributed by atoms with van der Waals surface area (Å²) in [7, 11) is 0. The molecule has 0 spiro atoms. The van der Waals surface area contributed by atoms with Gasteiger partial charge in [-0.1, -0.05) is 36.4 Å². The fourth-order valence-corrected chi connectivity index (χ4v) is 2.00. The number of Topliss-reactive ketones (excluding diaryl/α,β-unsaturated/α-hetero) is 1. The quantitative estimate of drug-likeness (QED) is 0.733. The summed E-state index contributed by atoms with van der Waals surface area (Å²) in [5.41, 5.74) is 6.96. The number of carbonyl (C=O) groups excluding carboxylic acids is 1. The van der Waals surface area contributed by atoms with Gasteiger partial charge in [0.25, 0.3) is 0 Å². The molecular weight excluding hydrogens is 204 g/mol. The van der Waals surface area contributed by atoms with Crippen molar-refractivity contribution < 1.29 is 9.63 Å². The molecule has 2 rings (SSSR count). The fraction of sp³-hybridized carbons (Fsp3) is 0.250. The van der Waals surface area contributed by atoms with Crippen molar-refractivity contribution in [2.45, 2.75) is 12.0 Å². The standard InChI is InChI=1S/C12H14N2O2/c13-12(11(15)8-16-14)7-3-5-9-4-1-2-6-10(9)12/h1-6H,7-8,13-14H2. The minimum Gasteiger partial charge on any atom is -0.315 e. The highest BCUT2D eigenvalue weighted by atomic mass is 16.6. The molecular formula is C12H14N2O2. The second-order valence-electron chi connectivity index (χ2n) is 3.90. The molecule has 4 nitrogen and oxygen atoms in total. The van der Waals surface area contributed by atoms with E-state index < -0.39 is 5.54 Å². The van der Waals surface area contributed by atoms with Crippen molar-refractivity contribution in [1.82, 2.24) is 0 Å². The zero-order chi connectivity index (χ0) is 11.6. The third kappa shape index (κ3) is 1.67. The first-order valence-electron chi connectivity index (χ1n) is 5.08. The molecule has 0 amide bonds. The molecule has 0 aromatic heterocycles. The van der Waals surface area contributed by atoms with Gasteiger partial charge < -0.3 is 5.73 Å². The van der Waals surface area contributed by atoms with Crippen LogP contribution in [0.4, 0.5) is 0 Å². The summed E-state index contributed by atoms with van der Waals surface area (Å²) in [6, 6.07) is 7.59. The van der Waals surface area contributed by atoms with Crippen LogP contribution < -0.4 is 11.6 Å². The number of benzene rings is 1. The lowest BCUT2D eigenvalue weighted by Gasteiger charge is -2.31.